The van der Waals surface area contributed by atoms with E-state index in [9.17, 15) is 4.79 Å². The van der Waals surface area contributed by atoms with Crippen LogP contribution in [-0.2, 0) is 4.79 Å². The zero-order valence-electron chi connectivity index (χ0n) is 12.1. The predicted molar refractivity (Wildman–Crippen MR) is 90.3 cm³/mol. The highest BCUT2D eigenvalue weighted by Crippen LogP contribution is 2.27. The number of nitrogens with one attached hydrogen (secondary N) is 2. The summed E-state index contributed by atoms with van der Waals surface area (Å²) in [5, 5.41) is 7.41. The second kappa shape index (κ2) is 8.20. The molecule has 1 aromatic carbocycles. The van der Waals surface area contributed by atoms with Gasteiger partial charge in [0.2, 0.25) is 5.91 Å². The predicted octanol–water partition coefficient (Wildman–Crippen LogP) is 4.06. The number of nitrogens with zero attached hydrogens (tertiary/aromatic N) is 1. The van der Waals surface area contributed by atoms with Crippen LogP contribution in [-0.4, -0.2) is 24.0 Å². The van der Waals surface area contributed by atoms with Gasteiger partial charge in [-0.1, -0.05) is 49.1 Å². The Morgan fingerprint density at radius 2 is 2.19 bits per heavy atom. The molecule has 0 saturated carbocycles. The molecule has 4 nitrogen and oxygen atoms in total. The number of carbonyl (C=O) groups excluding carboxylic acids is 1. The van der Waals surface area contributed by atoms with Crippen LogP contribution in [0.5, 0.6) is 0 Å². The van der Waals surface area contributed by atoms with E-state index in [0.29, 0.717) is 5.02 Å². The summed E-state index contributed by atoms with van der Waals surface area (Å²) in [4.78, 5) is 16.1. The molecule has 2 rings (SSSR count). The van der Waals surface area contributed by atoms with Crippen LogP contribution in [0.15, 0.2) is 18.2 Å². The number of benzene rings is 1. The van der Waals surface area contributed by atoms with Crippen molar-refractivity contribution in [3.63, 3.8) is 0 Å². The summed E-state index contributed by atoms with van der Waals surface area (Å²) in [6.07, 6.45) is 4.64. The molecule has 2 aromatic rings. The molecule has 21 heavy (non-hydrogen) atoms. The second-order valence-corrected chi connectivity index (χ2v) is 6.36. The van der Waals surface area contributed by atoms with Gasteiger partial charge in [0, 0.05) is 11.6 Å². The number of carbonyl (C=O) groups is 1. The minimum Gasteiger partial charge on any atom is -0.355 e. The summed E-state index contributed by atoms with van der Waals surface area (Å²) in [5.41, 5.74) is 0.895. The van der Waals surface area contributed by atoms with Gasteiger partial charge in [0.15, 0.2) is 5.13 Å². The fraction of sp³-hybridized carbons (Fsp3) is 0.467. The number of halogens is 1. The first-order chi connectivity index (χ1) is 10.2. The lowest BCUT2D eigenvalue weighted by Crippen LogP contribution is -2.30. The summed E-state index contributed by atoms with van der Waals surface area (Å²) < 4.78 is 1.02. The SMILES string of the molecule is CCCCCCNC(=O)CNc1nc2ccc(Cl)cc2s1. The standard InChI is InChI=1S/C15H20ClN3OS/c1-2-3-4-5-8-17-14(20)10-18-15-19-12-7-6-11(16)9-13(12)21-15/h6-7,9H,2-5,8,10H2,1H3,(H,17,20)(H,18,19). The van der Waals surface area contributed by atoms with Gasteiger partial charge in [-0.2, -0.15) is 0 Å². The van der Waals surface area contributed by atoms with Crippen molar-refractivity contribution >= 4 is 44.2 Å². The zero-order chi connectivity index (χ0) is 15.1. The zero-order valence-corrected chi connectivity index (χ0v) is 13.7. The molecule has 0 radical (unpaired) electrons. The minimum atomic E-state index is 0.00351. The summed E-state index contributed by atoms with van der Waals surface area (Å²) >= 11 is 7.44. The van der Waals surface area contributed by atoms with E-state index in [4.69, 9.17) is 11.6 Å². The van der Waals surface area contributed by atoms with Crippen molar-refractivity contribution in [2.45, 2.75) is 32.6 Å². The van der Waals surface area contributed by atoms with E-state index < -0.39 is 0 Å². The van der Waals surface area contributed by atoms with Crippen molar-refractivity contribution in [2.75, 3.05) is 18.4 Å². The van der Waals surface area contributed by atoms with Crippen LogP contribution in [0, 0.1) is 0 Å². The molecule has 0 fully saturated rings. The van der Waals surface area contributed by atoms with Crippen LogP contribution in [0.2, 0.25) is 5.02 Å². The first-order valence-corrected chi connectivity index (χ1v) is 8.45. The van der Waals surface area contributed by atoms with E-state index in [0.717, 1.165) is 28.3 Å². The van der Waals surface area contributed by atoms with Gasteiger partial charge >= 0.3 is 0 Å². The van der Waals surface area contributed by atoms with Crippen molar-refractivity contribution in [3.8, 4) is 0 Å². The molecule has 0 unspecified atom stereocenters. The monoisotopic (exact) mass is 325 g/mol. The summed E-state index contributed by atoms with van der Waals surface area (Å²) in [5.74, 6) is 0.00351. The Morgan fingerprint density at radius 3 is 3.00 bits per heavy atom. The average molecular weight is 326 g/mol. The number of aromatic nitrogens is 1. The normalized spacial score (nSPS) is 10.8. The van der Waals surface area contributed by atoms with Crippen molar-refractivity contribution in [2.24, 2.45) is 0 Å². The van der Waals surface area contributed by atoms with Crippen molar-refractivity contribution < 1.29 is 4.79 Å². The largest absolute Gasteiger partial charge is 0.355 e. The summed E-state index contributed by atoms with van der Waals surface area (Å²) in [6, 6.07) is 5.58. The first kappa shape index (κ1) is 16.0. The van der Waals surface area contributed by atoms with E-state index in [2.05, 4.69) is 22.5 Å². The van der Waals surface area contributed by atoms with Crippen molar-refractivity contribution in [1.82, 2.24) is 10.3 Å². The number of unbranched alkanes of at least 4 members (excludes halogenated alkanes) is 3. The van der Waals surface area contributed by atoms with Gasteiger partial charge in [0.05, 0.1) is 16.8 Å². The number of amides is 1. The third-order valence-corrected chi connectivity index (χ3v) is 4.31. The number of hydrogen-bond donors (Lipinski definition) is 2. The summed E-state index contributed by atoms with van der Waals surface area (Å²) in [6.45, 7) is 3.17. The van der Waals surface area contributed by atoms with E-state index in [1.807, 2.05) is 18.2 Å². The highest BCUT2D eigenvalue weighted by atomic mass is 35.5. The van der Waals surface area contributed by atoms with E-state index in [1.165, 1.54) is 30.6 Å². The lowest BCUT2D eigenvalue weighted by molar-refractivity contribution is -0.119. The van der Waals surface area contributed by atoms with E-state index >= 15 is 0 Å². The van der Waals surface area contributed by atoms with Gasteiger partial charge in [-0.3, -0.25) is 4.79 Å². The lowest BCUT2D eigenvalue weighted by Gasteiger charge is -2.05. The first-order valence-electron chi connectivity index (χ1n) is 7.25. The van der Waals surface area contributed by atoms with Gasteiger partial charge in [-0.25, -0.2) is 4.98 Å². The van der Waals surface area contributed by atoms with Gasteiger partial charge in [-0.05, 0) is 24.6 Å². The Morgan fingerprint density at radius 1 is 1.33 bits per heavy atom. The maximum atomic E-state index is 11.7. The number of thiazole rings is 1. The average Bonchev–Trinajstić information content (AvgIpc) is 2.87. The maximum absolute atomic E-state index is 11.7. The van der Waals surface area contributed by atoms with Gasteiger partial charge < -0.3 is 10.6 Å². The molecule has 114 valence electrons. The van der Waals surface area contributed by atoms with Gasteiger partial charge in [-0.15, -0.1) is 0 Å². The fourth-order valence-electron chi connectivity index (χ4n) is 1.97. The van der Waals surface area contributed by atoms with Crippen LogP contribution >= 0.6 is 22.9 Å². The fourth-order valence-corrected chi connectivity index (χ4v) is 3.11. The lowest BCUT2D eigenvalue weighted by atomic mass is 10.2. The van der Waals surface area contributed by atoms with Crippen LogP contribution in [0.1, 0.15) is 32.6 Å². The minimum absolute atomic E-state index is 0.00351. The quantitative estimate of drug-likeness (QED) is 0.720. The molecule has 0 aliphatic rings. The van der Waals surface area contributed by atoms with Gasteiger partial charge in [0.25, 0.3) is 0 Å². The molecule has 6 heteroatoms. The highest BCUT2D eigenvalue weighted by molar-refractivity contribution is 7.22. The molecule has 0 atom stereocenters. The Hall–Kier alpha value is -1.33. The molecule has 0 saturated heterocycles. The maximum Gasteiger partial charge on any atom is 0.239 e. The smallest absolute Gasteiger partial charge is 0.239 e. The Bertz CT molecular complexity index is 600. The van der Waals surface area contributed by atoms with E-state index in [1.54, 1.807) is 0 Å². The third kappa shape index (κ3) is 5.17. The van der Waals surface area contributed by atoms with Crippen molar-refractivity contribution in [1.29, 1.82) is 0 Å². The topological polar surface area (TPSA) is 54.0 Å². The number of anilines is 1. The van der Waals surface area contributed by atoms with Crippen LogP contribution in [0.3, 0.4) is 0 Å². The van der Waals surface area contributed by atoms with Crippen molar-refractivity contribution in [3.05, 3.63) is 23.2 Å². The molecular formula is C15H20ClN3OS. The second-order valence-electron chi connectivity index (χ2n) is 4.90. The molecule has 0 aliphatic heterocycles. The molecule has 1 heterocycles. The Balaban J connectivity index is 1.75. The number of fused-ring (bicyclic) bond motifs is 1. The molecular weight excluding hydrogens is 306 g/mol. The van der Waals surface area contributed by atoms with Crippen LogP contribution in [0.4, 0.5) is 5.13 Å². The molecule has 2 N–H and O–H groups in total. The molecule has 0 aliphatic carbocycles. The number of hydrogen-bond acceptors (Lipinski definition) is 4. The van der Waals surface area contributed by atoms with Crippen LogP contribution in [0.25, 0.3) is 10.2 Å². The molecule has 1 amide bonds. The Labute approximate surface area is 133 Å². The third-order valence-electron chi connectivity index (χ3n) is 3.10. The Kier molecular flexibility index (Phi) is 6.26. The number of rotatable bonds is 8. The van der Waals surface area contributed by atoms with E-state index in [-0.39, 0.29) is 12.5 Å². The molecule has 0 bridgehead atoms. The molecule has 1 aromatic heterocycles. The summed E-state index contributed by atoms with van der Waals surface area (Å²) in [7, 11) is 0. The van der Waals surface area contributed by atoms with Gasteiger partial charge in [0.1, 0.15) is 0 Å². The molecule has 0 spiro atoms. The van der Waals surface area contributed by atoms with Crippen LogP contribution < -0.4 is 10.6 Å². The highest BCUT2D eigenvalue weighted by Gasteiger charge is 2.06.